The second-order valence-electron chi connectivity index (χ2n) is 5.48. The Kier molecular flexibility index (Phi) is 4.38. The molecule has 1 aliphatic heterocycles. The molecule has 2 rings (SSSR count). The monoisotopic (exact) mass is 247 g/mol. The Labute approximate surface area is 111 Å². The van der Waals surface area contributed by atoms with E-state index >= 15 is 0 Å². The highest BCUT2D eigenvalue weighted by atomic mass is 15.3. The molecule has 1 N–H and O–H groups in total. The first-order valence-corrected chi connectivity index (χ1v) is 6.78. The van der Waals surface area contributed by atoms with Crippen molar-refractivity contribution in [2.45, 2.75) is 20.0 Å². The Morgan fingerprint density at radius 1 is 1.17 bits per heavy atom. The summed E-state index contributed by atoms with van der Waals surface area (Å²) in [6.45, 7) is 8.81. The van der Waals surface area contributed by atoms with Crippen LogP contribution < -0.4 is 5.32 Å². The predicted octanol–water partition coefficient (Wildman–Crippen LogP) is 1.77. The maximum atomic E-state index is 3.42. The van der Waals surface area contributed by atoms with Crippen molar-refractivity contribution in [2.24, 2.45) is 0 Å². The number of aryl methyl sites for hydroxylation is 2. The molecule has 0 spiro atoms. The van der Waals surface area contributed by atoms with Crippen LogP contribution in [0.15, 0.2) is 18.2 Å². The van der Waals surface area contributed by atoms with E-state index in [0.29, 0.717) is 6.17 Å². The first kappa shape index (κ1) is 13.5. The van der Waals surface area contributed by atoms with Gasteiger partial charge in [-0.15, -0.1) is 0 Å². The third kappa shape index (κ3) is 2.91. The molecule has 1 heterocycles. The van der Waals surface area contributed by atoms with Crippen LogP contribution in [0.25, 0.3) is 0 Å². The molecular weight excluding hydrogens is 222 g/mol. The molecule has 1 atom stereocenters. The average molecular weight is 247 g/mol. The highest BCUT2D eigenvalue weighted by Gasteiger charge is 2.24. The van der Waals surface area contributed by atoms with E-state index in [1.807, 2.05) is 0 Å². The Morgan fingerprint density at radius 2 is 1.83 bits per heavy atom. The lowest BCUT2D eigenvalue weighted by atomic mass is 10.0. The van der Waals surface area contributed by atoms with Gasteiger partial charge in [0.05, 0.1) is 6.17 Å². The fourth-order valence-electron chi connectivity index (χ4n) is 2.84. The van der Waals surface area contributed by atoms with Crippen molar-refractivity contribution in [3.63, 3.8) is 0 Å². The van der Waals surface area contributed by atoms with Gasteiger partial charge in [-0.05, 0) is 39.1 Å². The van der Waals surface area contributed by atoms with Crippen molar-refractivity contribution >= 4 is 0 Å². The van der Waals surface area contributed by atoms with E-state index in [9.17, 15) is 0 Å². The molecule has 0 bridgehead atoms. The fraction of sp³-hybridized carbons (Fsp3) is 0.600. The Balaban J connectivity index is 2.28. The van der Waals surface area contributed by atoms with E-state index in [1.54, 1.807) is 0 Å². The van der Waals surface area contributed by atoms with Gasteiger partial charge in [-0.3, -0.25) is 9.80 Å². The summed E-state index contributed by atoms with van der Waals surface area (Å²) >= 11 is 0. The topological polar surface area (TPSA) is 18.5 Å². The first-order valence-electron chi connectivity index (χ1n) is 6.78. The van der Waals surface area contributed by atoms with Crippen LogP contribution in [0.3, 0.4) is 0 Å². The summed E-state index contributed by atoms with van der Waals surface area (Å²) < 4.78 is 0. The zero-order valence-corrected chi connectivity index (χ0v) is 12.0. The molecule has 0 radical (unpaired) electrons. The molecule has 3 nitrogen and oxygen atoms in total. The Bertz CT molecular complexity index is 395. The molecule has 1 aromatic carbocycles. The Hall–Kier alpha value is -0.900. The zero-order chi connectivity index (χ0) is 13.1. The summed E-state index contributed by atoms with van der Waals surface area (Å²) in [6, 6.07) is 6.80. The SMILES string of the molecule is Cc1ccc(C(N(C)C)N2CCNCC2)c(C)c1. The minimum absolute atomic E-state index is 0.396. The number of piperazine rings is 1. The molecule has 0 aliphatic carbocycles. The number of hydrogen-bond donors (Lipinski definition) is 1. The van der Waals surface area contributed by atoms with Crippen molar-refractivity contribution < 1.29 is 0 Å². The molecule has 0 saturated carbocycles. The maximum Gasteiger partial charge on any atom is 0.0884 e. The zero-order valence-electron chi connectivity index (χ0n) is 12.0. The van der Waals surface area contributed by atoms with Gasteiger partial charge in [-0.25, -0.2) is 0 Å². The standard InChI is InChI=1S/C15H25N3/c1-12-5-6-14(13(2)11-12)15(17(3)4)18-9-7-16-8-10-18/h5-6,11,15-16H,7-10H2,1-4H3. The number of nitrogens with one attached hydrogen (secondary N) is 1. The molecule has 1 aliphatic rings. The van der Waals surface area contributed by atoms with E-state index in [2.05, 4.69) is 61.3 Å². The predicted molar refractivity (Wildman–Crippen MR) is 76.8 cm³/mol. The molecule has 1 fully saturated rings. The van der Waals surface area contributed by atoms with Crippen LogP contribution >= 0.6 is 0 Å². The molecule has 1 saturated heterocycles. The first-order chi connectivity index (χ1) is 8.59. The normalized spacial score (nSPS) is 19.2. The Morgan fingerprint density at radius 3 is 2.39 bits per heavy atom. The van der Waals surface area contributed by atoms with Crippen molar-refractivity contribution in [1.82, 2.24) is 15.1 Å². The maximum absolute atomic E-state index is 3.42. The van der Waals surface area contributed by atoms with Gasteiger partial charge in [0.15, 0.2) is 0 Å². The highest BCUT2D eigenvalue weighted by Crippen LogP contribution is 2.26. The average Bonchev–Trinajstić information content (AvgIpc) is 2.33. The van der Waals surface area contributed by atoms with Gasteiger partial charge in [0.1, 0.15) is 0 Å². The number of nitrogens with zero attached hydrogens (tertiary/aromatic N) is 2. The lowest BCUT2D eigenvalue weighted by Crippen LogP contribution is -2.48. The van der Waals surface area contributed by atoms with Gasteiger partial charge in [0.2, 0.25) is 0 Å². The summed E-state index contributed by atoms with van der Waals surface area (Å²) in [6.07, 6.45) is 0.396. The smallest absolute Gasteiger partial charge is 0.0884 e. The van der Waals surface area contributed by atoms with E-state index in [4.69, 9.17) is 0 Å². The van der Waals surface area contributed by atoms with Crippen molar-refractivity contribution in [1.29, 1.82) is 0 Å². The van der Waals surface area contributed by atoms with Crippen LogP contribution in [0.1, 0.15) is 22.9 Å². The van der Waals surface area contributed by atoms with Crippen LogP contribution in [0.5, 0.6) is 0 Å². The third-order valence-corrected chi connectivity index (χ3v) is 3.69. The van der Waals surface area contributed by atoms with Crippen LogP contribution in [0.4, 0.5) is 0 Å². The van der Waals surface area contributed by atoms with Crippen LogP contribution in [-0.2, 0) is 0 Å². The minimum atomic E-state index is 0.396. The highest BCUT2D eigenvalue weighted by molar-refractivity contribution is 5.32. The lowest BCUT2D eigenvalue weighted by molar-refractivity contribution is 0.0668. The molecule has 1 aromatic rings. The van der Waals surface area contributed by atoms with E-state index in [1.165, 1.54) is 16.7 Å². The second-order valence-corrected chi connectivity index (χ2v) is 5.48. The quantitative estimate of drug-likeness (QED) is 0.878. The molecule has 3 heteroatoms. The number of benzene rings is 1. The largest absolute Gasteiger partial charge is 0.314 e. The summed E-state index contributed by atoms with van der Waals surface area (Å²) in [5, 5.41) is 3.42. The molecule has 18 heavy (non-hydrogen) atoms. The third-order valence-electron chi connectivity index (χ3n) is 3.69. The molecule has 0 aromatic heterocycles. The molecular formula is C15H25N3. The molecule has 0 amide bonds. The summed E-state index contributed by atoms with van der Waals surface area (Å²) in [5.74, 6) is 0. The summed E-state index contributed by atoms with van der Waals surface area (Å²) in [4.78, 5) is 4.89. The van der Waals surface area contributed by atoms with E-state index in [0.717, 1.165) is 26.2 Å². The van der Waals surface area contributed by atoms with Gasteiger partial charge in [0, 0.05) is 26.2 Å². The molecule has 1 unspecified atom stereocenters. The van der Waals surface area contributed by atoms with Gasteiger partial charge in [-0.1, -0.05) is 23.8 Å². The van der Waals surface area contributed by atoms with Gasteiger partial charge in [-0.2, -0.15) is 0 Å². The van der Waals surface area contributed by atoms with Crippen LogP contribution in [0, 0.1) is 13.8 Å². The van der Waals surface area contributed by atoms with Crippen molar-refractivity contribution in [2.75, 3.05) is 40.3 Å². The van der Waals surface area contributed by atoms with Gasteiger partial charge in [0.25, 0.3) is 0 Å². The second kappa shape index (κ2) is 5.83. The van der Waals surface area contributed by atoms with Crippen molar-refractivity contribution in [3.8, 4) is 0 Å². The lowest BCUT2D eigenvalue weighted by Gasteiger charge is -2.39. The minimum Gasteiger partial charge on any atom is -0.314 e. The summed E-state index contributed by atoms with van der Waals surface area (Å²) in [5.41, 5.74) is 4.17. The fourth-order valence-corrected chi connectivity index (χ4v) is 2.84. The van der Waals surface area contributed by atoms with Gasteiger partial charge >= 0.3 is 0 Å². The van der Waals surface area contributed by atoms with Crippen LogP contribution in [-0.4, -0.2) is 50.1 Å². The number of rotatable bonds is 3. The summed E-state index contributed by atoms with van der Waals surface area (Å²) in [7, 11) is 4.35. The van der Waals surface area contributed by atoms with Crippen molar-refractivity contribution in [3.05, 3.63) is 34.9 Å². The van der Waals surface area contributed by atoms with E-state index in [-0.39, 0.29) is 0 Å². The van der Waals surface area contributed by atoms with E-state index < -0.39 is 0 Å². The molecule has 100 valence electrons. The number of hydrogen-bond acceptors (Lipinski definition) is 3. The van der Waals surface area contributed by atoms with Crippen LogP contribution in [0.2, 0.25) is 0 Å². The van der Waals surface area contributed by atoms with Gasteiger partial charge < -0.3 is 5.32 Å².